The van der Waals surface area contributed by atoms with E-state index in [1.54, 1.807) is 49.4 Å². The van der Waals surface area contributed by atoms with Crippen molar-refractivity contribution in [2.75, 3.05) is 20.2 Å². The molecule has 0 saturated heterocycles. The summed E-state index contributed by atoms with van der Waals surface area (Å²) in [4.78, 5) is 26.8. The van der Waals surface area contributed by atoms with Crippen molar-refractivity contribution in [3.63, 3.8) is 0 Å². The number of nitrogens with two attached hydrogens (primary N) is 1. The molecule has 0 spiro atoms. The smallest absolute Gasteiger partial charge is 0.338 e. The van der Waals surface area contributed by atoms with Gasteiger partial charge in [-0.05, 0) is 48.4 Å². The number of fused-ring (bicyclic) bond motifs is 3. The van der Waals surface area contributed by atoms with E-state index in [4.69, 9.17) is 29.4 Å². The van der Waals surface area contributed by atoms with Gasteiger partial charge in [-0.25, -0.2) is 4.79 Å². The highest BCUT2D eigenvalue weighted by Crippen LogP contribution is 2.41. The van der Waals surface area contributed by atoms with E-state index in [1.807, 2.05) is 0 Å². The highest BCUT2D eigenvalue weighted by Gasteiger charge is 2.37. The Labute approximate surface area is 213 Å². The first-order valence-corrected chi connectivity index (χ1v) is 12.2. The third kappa shape index (κ3) is 3.61. The molecule has 3 aromatic rings. The highest BCUT2D eigenvalue weighted by molar-refractivity contribution is 7.07. The lowest BCUT2D eigenvalue weighted by molar-refractivity contribution is -0.136. The molecule has 186 valence electrons. The summed E-state index contributed by atoms with van der Waals surface area (Å²) in [5.74, 6) is 0.686. The summed E-state index contributed by atoms with van der Waals surface area (Å²) in [6.45, 7) is 2.01. The van der Waals surface area contributed by atoms with Gasteiger partial charge < -0.3 is 29.4 Å². The van der Waals surface area contributed by atoms with Crippen molar-refractivity contribution >= 4 is 34.8 Å². The summed E-state index contributed by atoms with van der Waals surface area (Å²) in [6, 6.07) is 12.6. The molecular formula is C26H19N3O7S. The van der Waals surface area contributed by atoms with Crippen LogP contribution in [0, 0.1) is 11.3 Å². The van der Waals surface area contributed by atoms with E-state index in [0.717, 1.165) is 11.3 Å². The quantitative estimate of drug-likeness (QED) is 0.509. The number of allylic oxidation sites excluding steroid dienone is 1. The molecule has 3 aliphatic rings. The van der Waals surface area contributed by atoms with Gasteiger partial charge >= 0.3 is 5.97 Å². The van der Waals surface area contributed by atoms with E-state index >= 15 is 0 Å². The molecule has 0 unspecified atom stereocenters. The molecule has 0 bridgehead atoms. The maximum atomic E-state index is 13.5. The molecule has 0 radical (unpaired) electrons. The number of thiazole rings is 1. The molecule has 37 heavy (non-hydrogen) atoms. The Morgan fingerprint density at radius 3 is 2.51 bits per heavy atom. The molecule has 0 amide bonds. The fraction of sp³-hybridized carbons (Fsp3) is 0.192. The number of nitriles is 1. The summed E-state index contributed by atoms with van der Waals surface area (Å²) < 4.78 is 28.9. The van der Waals surface area contributed by atoms with E-state index < -0.39 is 17.4 Å². The van der Waals surface area contributed by atoms with Gasteiger partial charge in [0.25, 0.3) is 5.56 Å². The zero-order valence-corrected chi connectivity index (χ0v) is 20.3. The van der Waals surface area contributed by atoms with Crippen LogP contribution in [0.25, 0.3) is 17.5 Å². The molecule has 0 fully saturated rings. The Morgan fingerprint density at radius 1 is 1.14 bits per heavy atom. The molecule has 1 aromatic heterocycles. The molecule has 3 aliphatic heterocycles. The van der Waals surface area contributed by atoms with Crippen LogP contribution in [0.3, 0.4) is 0 Å². The third-order valence-corrected chi connectivity index (χ3v) is 7.30. The van der Waals surface area contributed by atoms with E-state index in [1.165, 1.54) is 4.57 Å². The number of hydrogen-bond donors (Lipinski definition) is 1. The van der Waals surface area contributed by atoms with E-state index in [2.05, 4.69) is 6.07 Å². The van der Waals surface area contributed by atoms with Gasteiger partial charge in [-0.15, -0.1) is 11.3 Å². The number of benzene rings is 2. The van der Waals surface area contributed by atoms with Crippen molar-refractivity contribution in [3.8, 4) is 29.1 Å². The highest BCUT2D eigenvalue weighted by atomic mass is 32.1. The lowest BCUT2D eigenvalue weighted by Crippen LogP contribution is -2.40. The van der Waals surface area contributed by atoms with Gasteiger partial charge in [-0.2, -0.15) is 5.26 Å². The van der Waals surface area contributed by atoms with Crippen LogP contribution in [0.2, 0.25) is 0 Å². The van der Waals surface area contributed by atoms with Crippen molar-refractivity contribution < 1.29 is 28.5 Å². The fourth-order valence-corrected chi connectivity index (χ4v) is 5.70. The lowest BCUT2D eigenvalue weighted by Gasteiger charge is -2.24. The van der Waals surface area contributed by atoms with E-state index in [-0.39, 0.29) is 37.2 Å². The fourth-order valence-electron chi connectivity index (χ4n) is 4.53. The average molecular weight is 518 g/mol. The SMILES string of the molecule is CCOC(=O)C1=c2s/c(=C\c3ccc4c(c3)OCO4)c(=O)n2C(N)=C(C#N)[C@@H]1c1ccc2c(c1)OCO2. The number of ether oxygens (including phenoxy) is 5. The van der Waals surface area contributed by atoms with Crippen molar-refractivity contribution in [1.82, 2.24) is 4.57 Å². The lowest BCUT2D eigenvalue weighted by atomic mass is 9.83. The predicted molar refractivity (Wildman–Crippen MR) is 132 cm³/mol. The maximum absolute atomic E-state index is 13.5. The predicted octanol–water partition coefficient (Wildman–Crippen LogP) is 1.36. The van der Waals surface area contributed by atoms with Gasteiger partial charge in [-0.1, -0.05) is 12.1 Å². The third-order valence-electron chi connectivity index (χ3n) is 6.19. The Morgan fingerprint density at radius 2 is 1.81 bits per heavy atom. The number of esters is 1. The molecule has 0 aliphatic carbocycles. The van der Waals surface area contributed by atoms with Gasteiger partial charge in [0.1, 0.15) is 10.5 Å². The number of aromatic nitrogens is 1. The van der Waals surface area contributed by atoms with Gasteiger partial charge in [-0.3, -0.25) is 9.36 Å². The van der Waals surface area contributed by atoms with Crippen molar-refractivity contribution in [2.24, 2.45) is 5.73 Å². The molecule has 0 saturated carbocycles. The molecule has 2 aromatic carbocycles. The Bertz CT molecular complexity index is 1730. The van der Waals surface area contributed by atoms with Crippen LogP contribution in [0.4, 0.5) is 0 Å². The minimum Gasteiger partial charge on any atom is -0.463 e. The summed E-state index contributed by atoms with van der Waals surface area (Å²) in [6.07, 6.45) is 1.68. The van der Waals surface area contributed by atoms with Gasteiger partial charge in [0.2, 0.25) is 13.6 Å². The number of carbonyl (C=O) groups is 1. The monoisotopic (exact) mass is 517 g/mol. The number of rotatable bonds is 4. The van der Waals surface area contributed by atoms with Crippen LogP contribution in [0.1, 0.15) is 24.0 Å². The number of hydrogen-bond acceptors (Lipinski definition) is 10. The Balaban J connectivity index is 1.61. The number of nitrogens with zero attached hydrogens (tertiary/aromatic N) is 2. The van der Waals surface area contributed by atoms with Gasteiger partial charge in [0.15, 0.2) is 23.0 Å². The molecule has 2 N–H and O–H groups in total. The molecule has 11 heteroatoms. The van der Waals surface area contributed by atoms with Gasteiger partial charge in [0, 0.05) is 0 Å². The molecule has 4 heterocycles. The number of carbonyl (C=O) groups excluding carboxylic acids is 1. The molecule has 6 rings (SSSR count). The van der Waals surface area contributed by atoms with Crippen LogP contribution in [0.15, 0.2) is 46.8 Å². The van der Waals surface area contributed by atoms with Crippen molar-refractivity contribution in [3.05, 3.63) is 72.6 Å². The minimum atomic E-state index is -0.866. The molecular weight excluding hydrogens is 498 g/mol. The first-order valence-electron chi connectivity index (χ1n) is 11.3. The van der Waals surface area contributed by atoms with E-state index in [0.29, 0.717) is 43.3 Å². The van der Waals surface area contributed by atoms with Crippen LogP contribution in [-0.2, 0) is 9.53 Å². The molecule has 1 atom stereocenters. The Hall–Kier alpha value is -4.69. The van der Waals surface area contributed by atoms with Crippen LogP contribution in [0.5, 0.6) is 23.0 Å². The minimum absolute atomic E-state index is 0.0419. The largest absolute Gasteiger partial charge is 0.463 e. The summed E-state index contributed by atoms with van der Waals surface area (Å²) in [5.41, 5.74) is 7.46. The summed E-state index contributed by atoms with van der Waals surface area (Å²) in [5, 5.41) is 10.1. The summed E-state index contributed by atoms with van der Waals surface area (Å²) >= 11 is 1.10. The van der Waals surface area contributed by atoms with E-state index in [9.17, 15) is 14.9 Å². The maximum Gasteiger partial charge on any atom is 0.338 e. The average Bonchev–Trinajstić information content (AvgIpc) is 3.62. The first kappa shape index (κ1) is 22.8. The second-order valence-electron chi connectivity index (χ2n) is 8.26. The Kier molecular flexibility index (Phi) is 5.39. The topological polar surface area (TPSA) is 135 Å². The second kappa shape index (κ2) is 8.76. The van der Waals surface area contributed by atoms with Crippen LogP contribution in [-0.4, -0.2) is 30.7 Å². The zero-order valence-electron chi connectivity index (χ0n) is 19.5. The van der Waals surface area contributed by atoms with Gasteiger partial charge in [0.05, 0.1) is 34.3 Å². The standard InChI is InChI=1S/C26H19N3O7S/c1-2-32-26(31)22-21(14-4-6-17-19(9-14)36-12-34-17)15(10-27)23(28)29-24(30)20(37-25(22)29)8-13-3-5-16-18(7-13)35-11-33-16/h3-9,21H,2,11-12,28H2,1H3/b20-8-/t21-/m0/s1. The molecule has 10 nitrogen and oxygen atoms in total. The van der Waals surface area contributed by atoms with Crippen LogP contribution >= 0.6 is 11.3 Å². The zero-order chi connectivity index (χ0) is 25.7. The van der Waals surface area contributed by atoms with Crippen molar-refractivity contribution in [1.29, 1.82) is 5.26 Å². The normalized spacial score (nSPS) is 17.6. The summed E-state index contributed by atoms with van der Waals surface area (Å²) in [7, 11) is 0. The first-order chi connectivity index (χ1) is 18.0. The second-order valence-corrected chi connectivity index (χ2v) is 9.29. The van der Waals surface area contributed by atoms with Crippen LogP contribution < -0.4 is 39.4 Å². The van der Waals surface area contributed by atoms with Crippen molar-refractivity contribution in [2.45, 2.75) is 12.8 Å².